The van der Waals surface area contributed by atoms with Gasteiger partial charge in [-0.25, -0.2) is 13.8 Å². The summed E-state index contributed by atoms with van der Waals surface area (Å²) in [4.78, 5) is 14.4. The number of aryl methyl sites for hydroxylation is 1. The molecule has 2 aliphatic rings. The number of anilines is 1. The van der Waals surface area contributed by atoms with Crippen LogP contribution in [0.15, 0.2) is 24.5 Å². The molecule has 0 bridgehead atoms. The molecular weight excluding hydrogens is 552 g/mol. The molecule has 0 spiro atoms. The minimum Gasteiger partial charge on any atom is -0.376 e. The van der Waals surface area contributed by atoms with E-state index in [4.69, 9.17) is 14.7 Å². The van der Waals surface area contributed by atoms with E-state index in [9.17, 15) is 17.6 Å². The smallest absolute Gasteiger partial charge is 0.376 e. The van der Waals surface area contributed by atoms with Gasteiger partial charge in [0, 0.05) is 37.8 Å². The standard InChI is InChI=1S/C29H36F4N8O/c1-16(2)25(20-8-9-22(23(30)11-20)29(31,32)33)38-12-18(4)39(13-17(38)3)26-24-27(41-15-34-37-28(41)36-26)40(19(5)35-24)14-21-7-6-10-42-21/h8-9,11,15-18,21,25H,6-7,10,12-14H2,1-5H3/t17-,18+,21+,25?/m1/s1. The highest BCUT2D eigenvalue weighted by Gasteiger charge is 2.39. The lowest BCUT2D eigenvalue weighted by Gasteiger charge is -2.49. The lowest BCUT2D eigenvalue weighted by molar-refractivity contribution is -0.140. The molecule has 13 heteroatoms. The first kappa shape index (κ1) is 28.8. The van der Waals surface area contributed by atoms with Crippen molar-refractivity contribution in [3.05, 3.63) is 47.3 Å². The summed E-state index contributed by atoms with van der Waals surface area (Å²) in [5, 5.41) is 8.39. The zero-order valence-corrected chi connectivity index (χ0v) is 24.4. The number of aromatic nitrogens is 6. The van der Waals surface area contributed by atoms with Gasteiger partial charge in [-0.3, -0.25) is 4.90 Å². The van der Waals surface area contributed by atoms with Crippen LogP contribution in [0.25, 0.3) is 16.9 Å². The van der Waals surface area contributed by atoms with Gasteiger partial charge in [-0.2, -0.15) is 18.2 Å². The number of hydrogen-bond acceptors (Lipinski definition) is 7. The maximum Gasteiger partial charge on any atom is 0.419 e. The summed E-state index contributed by atoms with van der Waals surface area (Å²) in [6.45, 7) is 12.8. The Bertz CT molecular complexity index is 1590. The minimum absolute atomic E-state index is 0.0139. The van der Waals surface area contributed by atoms with Crippen molar-refractivity contribution in [2.75, 3.05) is 24.6 Å². The monoisotopic (exact) mass is 588 g/mol. The van der Waals surface area contributed by atoms with Crippen molar-refractivity contribution in [2.24, 2.45) is 5.92 Å². The maximum atomic E-state index is 14.6. The number of piperazine rings is 1. The fourth-order valence-corrected chi connectivity index (χ4v) is 6.70. The molecule has 1 aromatic carbocycles. The first-order valence-electron chi connectivity index (χ1n) is 14.5. The number of benzene rings is 1. The Morgan fingerprint density at radius 3 is 2.55 bits per heavy atom. The van der Waals surface area contributed by atoms with E-state index >= 15 is 0 Å². The van der Waals surface area contributed by atoms with Gasteiger partial charge in [0.05, 0.1) is 18.2 Å². The third-order valence-corrected chi connectivity index (χ3v) is 8.65. The second kappa shape index (κ2) is 10.7. The molecule has 226 valence electrons. The molecule has 3 aromatic heterocycles. The van der Waals surface area contributed by atoms with Crippen LogP contribution in [0.2, 0.25) is 0 Å². The van der Waals surface area contributed by atoms with Gasteiger partial charge in [0.25, 0.3) is 5.78 Å². The number of alkyl halides is 3. The van der Waals surface area contributed by atoms with Gasteiger partial charge in [-0.05, 0) is 57.2 Å². The topological polar surface area (TPSA) is 76.6 Å². The van der Waals surface area contributed by atoms with Crippen molar-refractivity contribution in [2.45, 2.75) is 84.4 Å². The predicted molar refractivity (Wildman–Crippen MR) is 150 cm³/mol. The molecule has 2 aliphatic heterocycles. The van der Waals surface area contributed by atoms with E-state index < -0.39 is 17.6 Å². The average Bonchev–Trinajstić information content (AvgIpc) is 3.66. The van der Waals surface area contributed by atoms with Gasteiger partial charge in [-0.15, -0.1) is 10.2 Å². The summed E-state index contributed by atoms with van der Waals surface area (Å²) in [5.41, 5.74) is 0.927. The first-order chi connectivity index (χ1) is 19.9. The van der Waals surface area contributed by atoms with E-state index in [0.717, 1.165) is 54.4 Å². The molecule has 0 N–H and O–H groups in total. The summed E-state index contributed by atoms with van der Waals surface area (Å²) in [7, 11) is 0. The van der Waals surface area contributed by atoms with Crippen LogP contribution in [-0.4, -0.2) is 71.9 Å². The van der Waals surface area contributed by atoms with Gasteiger partial charge >= 0.3 is 6.18 Å². The number of imidazole rings is 1. The summed E-state index contributed by atoms with van der Waals surface area (Å²) in [6.07, 6.45) is -0.917. The molecule has 6 rings (SSSR count). The van der Waals surface area contributed by atoms with E-state index in [1.54, 1.807) is 6.33 Å². The van der Waals surface area contributed by atoms with E-state index in [-0.39, 0.29) is 30.1 Å². The third-order valence-electron chi connectivity index (χ3n) is 8.65. The molecule has 42 heavy (non-hydrogen) atoms. The van der Waals surface area contributed by atoms with Crippen LogP contribution >= 0.6 is 0 Å². The maximum absolute atomic E-state index is 14.6. The fraction of sp³-hybridized carbons (Fsp3) is 0.586. The number of nitrogens with zero attached hydrogens (tertiary/aromatic N) is 8. The molecule has 0 saturated carbocycles. The number of rotatable bonds is 6. The van der Waals surface area contributed by atoms with Crippen LogP contribution in [0.3, 0.4) is 0 Å². The fourth-order valence-electron chi connectivity index (χ4n) is 6.70. The number of ether oxygens (including phenoxy) is 1. The van der Waals surface area contributed by atoms with E-state index in [2.05, 4.69) is 38.4 Å². The summed E-state index contributed by atoms with van der Waals surface area (Å²) in [5.74, 6) is 0.852. The van der Waals surface area contributed by atoms with Crippen LogP contribution in [0.1, 0.15) is 63.5 Å². The first-order valence-corrected chi connectivity index (χ1v) is 14.5. The third kappa shape index (κ3) is 5.00. The predicted octanol–water partition coefficient (Wildman–Crippen LogP) is 5.42. The Balaban J connectivity index is 1.34. The van der Waals surface area contributed by atoms with Crippen molar-refractivity contribution in [1.82, 2.24) is 34.0 Å². The Kier molecular flexibility index (Phi) is 7.37. The van der Waals surface area contributed by atoms with Crippen LogP contribution in [0.4, 0.5) is 23.4 Å². The SMILES string of the molecule is Cc1nc2c(N3C[C@@H](C)N(C(c4ccc(C(F)(F)F)c(F)c4)C(C)C)C[C@@H]3C)nc3nncn3c2n1C[C@@H]1CCCO1. The lowest BCUT2D eigenvalue weighted by atomic mass is 9.90. The van der Waals surface area contributed by atoms with Crippen LogP contribution < -0.4 is 4.90 Å². The van der Waals surface area contributed by atoms with Crippen molar-refractivity contribution in [3.63, 3.8) is 0 Å². The number of fused-ring (bicyclic) bond motifs is 3. The van der Waals surface area contributed by atoms with Crippen molar-refractivity contribution < 1.29 is 22.3 Å². The molecule has 4 atom stereocenters. The van der Waals surface area contributed by atoms with Gasteiger partial charge in [0.1, 0.15) is 23.5 Å². The Morgan fingerprint density at radius 2 is 1.88 bits per heavy atom. The lowest BCUT2D eigenvalue weighted by Crippen LogP contribution is -2.58. The van der Waals surface area contributed by atoms with Gasteiger partial charge in [-0.1, -0.05) is 19.9 Å². The molecule has 9 nitrogen and oxygen atoms in total. The number of halogens is 4. The van der Waals surface area contributed by atoms with E-state index in [1.165, 1.54) is 6.07 Å². The summed E-state index contributed by atoms with van der Waals surface area (Å²) in [6, 6.07) is 3.01. The highest BCUT2D eigenvalue weighted by atomic mass is 19.4. The number of hydrogen-bond donors (Lipinski definition) is 0. The molecular formula is C29H36F4N8O. The van der Waals surface area contributed by atoms with Gasteiger partial charge in [0.15, 0.2) is 11.5 Å². The quantitative estimate of drug-likeness (QED) is 0.279. The Morgan fingerprint density at radius 1 is 1.10 bits per heavy atom. The highest BCUT2D eigenvalue weighted by Crippen LogP contribution is 2.38. The summed E-state index contributed by atoms with van der Waals surface area (Å²) < 4.78 is 64.3. The molecule has 2 saturated heterocycles. The molecule has 0 radical (unpaired) electrons. The van der Waals surface area contributed by atoms with Gasteiger partial charge in [0.2, 0.25) is 0 Å². The Hall–Kier alpha value is -3.32. The molecule has 0 amide bonds. The highest BCUT2D eigenvalue weighted by molar-refractivity contribution is 5.87. The van der Waals surface area contributed by atoms with Crippen LogP contribution in [0.5, 0.6) is 0 Å². The molecule has 2 fully saturated rings. The van der Waals surface area contributed by atoms with E-state index in [0.29, 0.717) is 31.0 Å². The second-order valence-electron chi connectivity index (χ2n) is 12.0. The zero-order valence-electron chi connectivity index (χ0n) is 24.4. The Labute approximate surface area is 241 Å². The average molecular weight is 589 g/mol. The van der Waals surface area contributed by atoms with Crippen molar-refractivity contribution in [1.29, 1.82) is 0 Å². The molecule has 0 aliphatic carbocycles. The second-order valence-corrected chi connectivity index (χ2v) is 12.0. The van der Waals surface area contributed by atoms with Gasteiger partial charge < -0.3 is 14.2 Å². The van der Waals surface area contributed by atoms with Crippen LogP contribution in [0, 0.1) is 18.7 Å². The largest absolute Gasteiger partial charge is 0.419 e. The van der Waals surface area contributed by atoms with E-state index in [1.807, 2.05) is 25.2 Å². The molecule has 4 aromatic rings. The minimum atomic E-state index is -4.73. The molecule has 5 heterocycles. The van der Waals surface area contributed by atoms with Crippen molar-refractivity contribution in [3.8, 4) is 0 Å². The zero-order chi connectivity index (χ0) is 29.9. The normalized spacial score (nSPS) is 23.1. The molecule has 1 unspecified atom stereocenters. The van der Waals surface area contributed by atoms with Crippen LogP contribution in [-0.2, 0) is 17.5 Å². The summed E-state index contributed by atoms with van der Waals surface area (Å²) >= 11 is 0. The van der Waals surface area contributed by atoms with Crippen molar-refractivity contribution >= 4 is 22.8 Å².